The Balaban J connectivity index is 1.72. The normalized spacial score (nSPS) is 24.9. The van der Waals surface area contributed by atoms with Gasteiger partial charge in [-0.2, -0.15) is 12.6 Å². The van der Waals surface area contributed by atoms with Gasteiger partial charge in [0.1, 0.15) is 0 Å². The summed E-state index contributed by atoms with van der Waals surface area (Å²) in [7, 11) is 0. The first-order valence-electron chi connectivity index (χ1n) is 6.14. The van der Waals surface area contributed by atoms with Crippen molar-refractivity contribution >= 4 is 18.5 Å². The van der Waals surface area contributed by atoms with Crippen LogP contribution in [0.2, 0.25) is 0 Å². The molecule has 0 saturated heterocycles. The van der Waals surface area contributed by atoms with Crippen LogP contribution in [0.3, 0.4) is 0 Å². The Labute approximate surface area is 97.6 Å². The number of hydrogen-bond donors (Lipinski definition) is 2. The molecule has 0 aromatic carbocycles. The summed E-state index contributed by atoms with van der Waals surface area (Å²) in [6.07, 6.45) is 9.34. The third kappa shape index (κ3) is 3.13. The smallest absolute Gasteiger partial charge is 0.220 e. The molecule has 2 aliphatic rings. The maximum absolute atomic E-state index is 11.8. The molecule has 0 unspecified atom stereocenters. The van der Waals surface area contributed by atoms with Crippen molar-refractivity contribution in [2.24, 2.45) is 5.41 Å². The molecule has 2 fully saturated rings. The third-order valence-corrected chi connectivity index (χ3v) is 4.47. The summed E-state index contributed by atoms with van der Waals surface area (Å²) in [4.78, 5) is 11.8. The molecule has 0 aromatic rings. The number of thiol groups is 1. The molecule has 2 rings (SSSR count). The average molecular weight is 227 g/mol. The van der Waals surface area contributed by atoms with Crippen LogP contribution in [0, 0.1) is 5.41 Å². The lowest BCUT2D eigenvalue weighted by molar-refractivity contribution is -0.123. The molecule has 0 heterocycles. The van der Waals surface area contributed by atoms with Crippen LogP contribution in [-0.4, -0.2) is 17.7 Å². The minimum atomic E-state index is 0.258. The minimum absolute atomic E-state index is 0.258. The molecule has 2 aliphatic carbocycles. The monoisotopic (exact) mass is 227 g/mol. The molecule has 0 aromatic heterocycles. The quantitative estimate of drug-likeness (QED) is 0.710. The fourth-order valence-corrected chi connectivity index (χ4v) is 2.86. The van der Waals surface area contributed by atoms with Crippen LogP contribution in [0.25, 0.3) is 0 Å². The highest BCUT2D eigenvalue weighted by Gasteiger charge is 2.43. The van der Waals surface area contributed by atoms with Gasteiger partial charge in [0, 0.05) is 12.5 Å². The molecule has 1 N–H and O–H groups in total. The van der Waals surface area contributed by atoms with Gasteiger partial charge in [0.2, 0.25) is 5.91 Å². The van der Waals surface area contributed by atoms with E-state index in [9.17, 15) is 4.79 Å². The van der Waals surface area contributed by atoms with Gasteiger partial charge in [-0.1, -0.05) is 19.3 Å². The summed E-state index contributed by atoms with van der Waals surface area (Å²) in [5, 5.41) is 3.18. The van der Waals surface area contributed by atoms with Crippen LogP contribution >= 0.6 is 12.6 Å². The Kier molecular flexibility index (Phi) is 3.60. The predicted octanol–water partition coefficient (Wildman–Crippen LogP) is 2.54. The molecule has 86 valence electrons. The zero-order chi connectivity index (χ0) is 10.7. The lowest BCUT2D eigenvalue weighted by Gasteiger charge is -2.23. The van der Waals surface area contributed by atoms with Gasteiger partial charge >= 0.3 is 0 Å². The van der Waals surface area contributed by atoms with Crippen molar-refractivity contribution in [1.29, 1.82) is 0 Å². The van der Waals surface area contributed by atoms with Crippen molar-refractivity contribution < 1.29 is 4.79 Å². The number of rotatable bonds is 4. The van der Waals surface area contributed by atoms with Crippen molar-refractivity contribution in [3.63, 3.8) is 0 Å². The maximum atomic E-state index is 11.8. The van der Waals surface area contributed by atoms with E-state index in [1.165, 1.54) is 44.9 Å². The van der Waals surface area contributed by atoms with E-state index in [4.69, 9.17) is 0 Å². The van der Waals surface area contributed by atoms with Crippen LogP contribution in [0.5, 0.6) is 0 Å². The molecule has 3 heteroatoms. The molecule has 0 spiro atoms. The summed E-state index contributed by atoms with van der Waals surface area (Å²) in [5.41, 5.74) is 0.266. The molecule has 0 bridgehead atoms. The second-order valence-electron chi connectivity index (χ2n) is 5.24. The van der Waals surface area contributed by atoms with Gasteiger partial charge < -0.3 is 5.32 Å². The Bertz CT molecular complexity index is 232. The van der Waals surface area contributed by atoms with Crippen molar-refractivity contribution in [2.75, 3.05) is 5.75 Å². The molecule has 0 atom stereocenters. The van der Waals surface area contributed by atoms with E-state index in [0.717, 1.165) is 5.75 Å². The fourth-order valence-electron chi connectivity index (χ4n) is 2.43. The molecule has 2 saturated carbocycles. The topological polar surface area (TPSA) is 29.1 Å². The third-order valence-electron chi connectivity index (χ3n) is 3.80. The highest BCUT2D eigenvalue weighted by molar-refractivity contribution is 7.80. The van der Waals surface area contributed by atoms with Gasteiger partial charge in [-0.15, -0.1) is 0 Å². The summed E-state index contributed by atoms with van der Waals surface area (Å²) in [5.74, 6) is 1.12. The lowest BCUT2D eigenvalue weighted by atomic mass is 9.95. The second kappa shape index (κ2) is 4.77. The van der Waals surface area contributed by atoms with Crippen LogP contribution < -0.4 is 5.32 Å². The molecule has 1 amide bonds. The highest BCUT2D eigenvalue weighted by atomic mass is 32.1. The molecular formula is C12H21NOS. The van der Waals surface area contributed by atoms with Crippen molar-refractivity contribution in [3.05, 3.63) is 0 Å². The maximum Gasteiger partial charge on any atom is 0.220 e. The number of hydrogen-bond acceptors (Lipinski definition) is 2. The molecule has 15 heavy (non-hydrogen) atoms. The average Bonchev–Trinajstić information content (AvgIpc) is 3.00. The predicted molar refractivity (Wildman–Crippen MR) is 65.2 cm³/mol. The zero-order valence-electron chi connectivity index (χ0n) is 9.30. The van der Waals surface area contributed by atoms with E-state index in [1.807, 2.05) is 0 Å². The van der Waals surface area contributed by atoms with Crippen LogP contribution in [0.15, 0.2) is 0 Å². The van der Waals surface area contributed by atoms with Gasteiger partial charge in [-0.05, 0) is 36.9 Å². The van der Waals surface area contributed by atoms with E-state index in [-0.39, 0.29) is 11.3 Å². The summed E-state index contributed by atoms with van der Waals surface area (Å²) in [6.45, 7) is 0. The van der Waals surface area contributed by atoms with Crippen LogP contribution in [0.1, 0.15) is 51.4 Å². The Morgan fingerprint density at radius 2 is 1.93 bits per heavy atom. The number of amides is 1. The fraction of sp³-hybridized carbons (Fsp3) is 0.917. The summed E-state index contributed by atoms with van der Waals surface area (Å²) >= 11 is 4.32. The summed E-state index contributed by atoms with van der Waals surface area (Å²) in [6, 6.07) is 0.460. The first kappa shape index (κ1) is 11.3. The van der Waals surface area contributed by atoms with Crippen LogP contribution in [-0.2, 0) is 4.79 Å². The largest absolute Gasteiger partial charge is 0.353 e. The summed E-state index contributed by atoms with van der Waals surface area (Å²) < 4.78 is 0. The Morgan fingerprint density at radius 3 is 2.47 bits per heavy atom. The van der Waals surface area contributed by atoms with E-state index in [0.29, 0.717) is 12.5 Å². The molecule has 0 aliphatic heterocycles. The van der Waals surface area contributed by atoms with E-state index < -0.39 is 0 Å². The molecule has 2 nitrogen and oxygen atoms in total. The number of carbonyl (C=O) groups excluding carboxylic acids is 1. The van der Waals surface area contributed by atoms with E-state index in [2.05, 4.69) is 17.9 Å². The van der Waals surface area contributed by atoms with Gasteiger partial charge in [0.15, 0.2) is 0 Å². The number of carbonyl (C=O) groups is 1. The van der Waals surface area contributed by atoms with Crippen molar-refractivity contribution in [2.45, 2.75) is 57.4 Å². The van der Waals surface area contributed by atoms with Gasteiger partial charge in [-0.3, -0.25) is 4.79 Å². The standard InChI is InChI=1S/C12H21NOS/c14-11(8-12(9-15)6-7-12)13-10-4-2-1-3-5-10/h10,15H,1-9H2,(H,13,14). The van der Waals surface area contributed by atoms with Gasteiger partial charge in [0.25, 0.3) is 0 Å². The van der Waals surface area contributed by atoms with Gasteiger partial charge in [-0.25, -0.2) is 0 Å². The second-order valence-corrected chi connectivity index (χ2v) is 5.55. The van der Waals surface area contributed by atoms with Crippen molar-refractivity contribution in [3.8, 4) is 0 Å². The van der Waals surface area contributed by atoms with Crippen LogP contribution in [0.4, 0.5) is 0 Å². The Hall–Kier alpha value is -0.180. The van der Waals surface area contributed by atoms with Crippen molar-refractivity contribution in [1.82, 2.24) is 5.32 Å². The molecule has 0 radical (unpaired) electrons. The minimum Gasteiger partial charge on any atom is -0.353 e. The number of nitrogens with one attached hydrogen (secondary N) is 1. The van der Waals surface area contributed by atoms with Gasteiger partial charge in [0.05, 0.1) is 0 Å². The van der Waals surface area contributed by atoms with E-state index >= 15 is 0 Å². The zero-order valence-corrected chi connectivity index (χ0v) is 10.2. The van der Waals surface area contributed by atoms with E-state index in [1.54, 1.807) is 0 Å². The Morgan fingerprint density at radius 1 is 1.27 bits per heavy atom. The SMILES string of the molecule is O=C(CC1(CS)CC1)NC1CCCCC1. The lowest BCUT2D eigenvalue weighted by Crippen LogP contribution is -2.37. The molecular weight excluding hydrogens is 206 g/mol. The highest BCUT2D eigenvalue weighted by Crippen LogP contribution is 2.49. The first-order chi connectivity index (χ1) is 7.24. The first-order valence-corrected chi connectivity index (χ1v) is 6.78.